The summed E-state index contributed by atoms with van der Waals surface area (Å²) in [5.41, 5.74) is -1.28. The third-order valence-electron chi connectivity index (χ3n) is 1.34. The summed E-state index contributed by atoms with van der Waals surface area (Å²) in [7, 11) is 1.20. The van der Waals surface area contributed by atoms with E-state index in [0.717, 1.165) is 17.0 Å². The molecule has 7 heteroatoms. The van der Waals surface area contributed by atoms with Crippen LogP contribution < -0.4 is 16.1 Å². The summed E-state index contributed by atoms with van der Waals surface area (Å²) in [5, 5.41) is 0. The highest BCUT2D eigenvalue weighted by Gasteiger charge is 2.02. The highest BCUT2D eigenvalue weighted by molar-refractivity contribution is 5.70. The van der Waals surface area contributed by atoms with Crippen molar-refractivity contribution in [3.8, 4) is 0 Å². The number of H-pyrrole nitrogens is 1. The van der Waals surface area contributed by atoms with Gasteiger partial charge in [-0.25, -0.2) is 9.59 Å². The van der Waals surface area contributed by atoms with Crippen LogP contribution in [-0.2, 0) is 9.53 Å². The Labute approximate surface area is 77.8 Å². The SMILES string of the molecule is COC(=O)COn1ccc(=O)[nH]c1=O. The molecule has 0 spiro atoms. The van der Waals surface area contributed by atoms with Gasteiger partial charge in [0.2, 0.25) is 6.61 Å². The van der Waals surface area contributed by atoms with Crippen molar-refractivity contribution in [3.63, 3.8) is 0 Å². The van der Waals surface area contributed by atoms with Gasteiger partial charge in [0.1, 0.15) is 0 Å². The minimum Gasteiger partial charge on any atom is -0.466 e. The number of methoxy groups -OCH3 is 1. The monoisotopic (exact) mass is 200 g/mol. The van der Waals surface area contributed by atoms with Crippen molar-refractivity contribution in [2.75, 3.05) is 13.7 Å². The van der Waals surface area contributed by atoms with E-state index in [4.69, 9.17) is 4.84 Å². The minimum atomic E-state index is -0.749. The van der Waals surface area contributed by atoms with Crippen molar-refractivity contribution in [3.05, 3.63) is 33.1 Å². The van der Waals surface area contributed by atoms with Crippen molar-refractivity contribution in [2.24, 2.45) is 0 Å². The van der Waals surface area contributed by atoms with Crippen LogP contribution in [0.1, 0.15) is 0 Å². The van der Waals surface area contributed by atoms with Gasteiger partial charge in [-0.3, -0.25) is 9.78 Å². The quantitative estimate of drug-likeness (QED) is 0.578. The summed E-state index contributed by atoms with van der Waals surface area (Å²) in [4.78, 5) is 38.9. The van der Waals surface area contributed by atoms with Gasteiger partial charge in [0.15, 0.2) is 0 Å². The Balaban J connectivity index is 2.73. The molecule has 76 valence electrons. The molecule has 1 rings (SSSR count). The Morgan fingerprint density at radius 3 is 2.86 bits per heavy atom. The number of nitrogens with one attached hydrogen (secondary N) is 1. The van der Waals surface area contributed by atoms with Crippen LogP contribution in [0.5, 0.6) is 0 Å². The lowest BCUT2D eigenvalue weighted by molar-refractivity contribution is -0.146. The second-order valence-corrected chi connectivity index (χ2v) is 2.29. The molecule has 1 heterocycles. The van der Waals surface area contributed by atoms with Crippen molar-refractivity contribution < 1.29 is 14.4 Å². The van der Waals surface area contributed by atoms with Gasteiger partial charge in [0.25, 0.3) is 5.56 Å². The summed E-state index contributed by atoms with van der Waals surface area (Å²) >= 11 is 0. The Morgan fingerprint density at radius 2 is 2.29 bits per heavy atom. The highest BCUT2D eigenvalue weighted by Crippen LogP contribution is 1.74. The van der Waals surface area contributed by atoms with Crippen molar-refractivity contribution >= 4 is 5.97 Å². The van der Waals surface area contributed by atoms with Gasteiger partial charge in [0.05, 0.1) is 13.3 Å². The third kappa shape index (κ3) is 2.47. The molecule has 0 atom stereocenters. The smallest absolute Gasteiger partial charge is 0.361 e. The second kappa shape index (κ2) is 4.26. The van der Waals surface area contributed by atoms with Crippen LogP contribution in [-0.4, -0.2) is 29.4 Å². The van der Waals surface area contributed by atoms with Crippen LogP contribution in [0.15, 0.2) is 21.9 Å². The number of aromatic nitrogens is 2. The minimum absolute atomic E-state index is 0.400. The lowest BCUT2D eigenvalue weighted by Gasteiger charge is -2.04. The van der Waals surface area contributed by atoms with E-state index in [1.165, 1.54) is 7.11 Å². The Morgan fingerprint density at radius 1 is 1.57 bits per heavy atom. The van der Waals surface area contributed by atoms with Crippen LogP contribution in [0.3, 0.4) is 0 Å². The molecular weight excluding hydrogens is 192 g/mol. The predicted octanol–water partition coefficient (Wildman–Crippen LogP) is -1.86. The van der Waals surface area contributed by atoms with E-state index in [9.17, 15) is 14.4 Å². The van der Waals surface area contributed by atoms with Crippen LogP contribution in [0, 0.1) is 0 Å². The van der Waals surface area contributed by atoms with E-state index in [1.54, 1.807) is 0 Å². The van der Waals surface area contributed by atoms with Crippen LogP contribution >= 0.6 is 0 Å². The van der Waals surface area contributed by atoms with Gasteiger partial charge in [-0.05, 0) is 0 Å². The molecule has 0 aliphatic heterocycles. The predicted molar refractivity (Wildman–Crippen MR) is 44.8 cm³/mol. The topological polar surface area (TPSA) is 90.4 Å². The average Bonchev–Trinajstić information content (AvgIpc) is 2.16. The van der Waals surface area contributed by atoms with Gasteiger partial charge in [-0.15, -0.1) is 4.73 Å². The molecule has 14 heavy (non-hydrogen) atoms. The molecule has 0 saturated carbocycles. The Hall–Kier alpha value is -2.05. The Bertz CT molecular complexity index is 432. The number of esters is 1. The number of hydrogen-bond donors (Lipinski definition) is 1. The Kier molecular flexibility index (Phi) is 3.05. The molecule has 0 amide bonds. The molecule has 0 aliphatic carbocycles. The molecule has 0 aliphatic rings. The molecule has 7 nitrogen and oxygen atoms in total. The molecule has 0 bridgehead atoms. The van der Waals surface area contributed by atoms with E-state index in [0.29, 0.717) is 0 Å². The zero-order chi connectivity index (χ0) is 10.6. The molecular formula is C7H8N2O5. The maximum absolute atomic E-state index is 11.0. The molecule has 1 N–H and O–H groups in total. The molecule has 0 radical (unpaired) electrons. The number of carbonyl (C=O) groups is 1. The zero-order valence-electron chi connectivity index (χ0n) is 7.35. The molecule has 1 aromatic rings. The van der Waals surface area contributed by atoms with E-state index in [2.05, 4.69) is 4.74 Å². The number of nitrogens with zero attached hydrogens (tertiary/aromatic N) is 1. The van der Waals surface area contributed by atoms with E-state index in [-0.39, 0.29) is 0 Å². The molecule has 1 aromatic heterocycles. The van der Waals surface area contributed by atoms with Crippen LogP contribution in [0.4, 0.5) is 0 Å². The first-order valence-corrected chi connectivity index (χ1v) is 3.65. The summed E-state index contributed by atoms with van der Waals surface area (Å²) in [5.74, 6) is -0.622. The lowest BCUT2D eigenvalue weighted by Crippen LogP contribution is -2.35. The third-order valence-corrected chi connectivity index (χ3v) is 1.34. The average molecular weight is 200 g/mol. The summed E-state index contributed by atoms with van der Waals surface area (Å²) < 4.78 is 5.02. The van der Waals surface area contributed by atoms with Gasteiger partial charge in [-0.2, -0.15) is 0 Å². The summed E-state index contributed by atoms with van der Waals surface area (Å²) in [6.07, 6.45) is 1.12. The van der Waals surface area contributed by atoms with E-state index < -0.39 is 23.8 Å². The molecule has 0 aromatic carbocycles. The van der Waals surface area contributed by atoms with Crippen molar-refractivity contribution in [1.29, 1.82) is 0 Å². The number of aromatic amines is 1. The first-order chi connectivity index (χ1) is 6.63. The standard InChI is InChI=1S/C7H8N2O5/c1-13-6(11)4-14-9-3-2-5(10)8-7(9)12/h2-3H,4H2,1H3,(H,8,10,12). The first-order valence-electron chi connectivity index (χ1n) is 3.65. The van der Waals surface area contributed by atoms with Crippen LogP contribution in [0.25, 0.3) is 0 Å². The fraction of sp³-hybridized carbons (Fsp3) is 0.286. The van der Waals surface area contributed by atoms with Gasteiger partial charge < -0.3 is 9.57 Å². The molecule has 0 saturated heterocycles. The largest absolute Gasteiger partial charge is 0.466 e. The van der Waals surface area contributed by atoms with Gasteiger partial charge in [-0.1, -0.05) is 0 Å². The van der Waals surface area contributed by atoms with Gasteiger partial charge in [0, 0.05) is 6.07 Å². The second-order valence-electron chi connectivity index (χ2n) is 2.29. The van der Waals surface area contributed by atoms with Crippen molar-refractivity contribution in [1.82, 2.24) is 9.71 Å². The maximum Gasteiger partial charge on any atom is 0.361 e. The number of hydrogen-bond acceptors (Lipinski definition) is 5. The summed E-state index contributed by atoms with van der Waals surface area (Å²) in [6.45, 7) is -0.400. The summed E-state index contributed by atoms with van der Waals surface area (Å²) in [6, 6.07) is 1.10. The lowest BCUT2D eigenvalue weighted by atomic mass is 10.7. The zero-order valence-corrected chi connectivity index (χ0v) is 7.35. The number of ether oxygens (including phenoxy) is 1. The maximum atomic E-state index is 11.0. The van der Waals surface area contributed by atoms with Crippen molar-refractivity contribution in [2.45, 2.75) is 0 Å². The number of carbonyl (C=O) groups excluding carboxylic acids is 1. The normalized spacial score (nSPS) is 9.50. The highest BCUT2D eigenvalue weighted by atomic mass is 16.7. The van der Waals surface area contributed by atoms with Gasteiger partial charge >= 0.3 is 11.7 Å². The molecule has 0 fully saturated rings. The van der Waals surface area contributed by atoms with Crippen LogP contribution in [0.2, 0.25) is 0 Å². The number of rotatable bonds is 3. The fourth-order valence-corrected chi connectivity index (χ4v) is 0.688. The van der Waals surface area contributed by atoms with E-state index in [1.807, 2.05) is 4.98 Å². The van der Waals surface area contributed by atoms with E-state index >= 15 is 0 Å². The molecule has 0 unspecified atom stereocenters. The first kappa shape index (κ1) is 10.0. The fourth-order valence-electron chi connectivity index (χ4n) is 0.688.